The van der Waals surface area contributed by atoms with Crippen LogP contribution in [0.3, 0.4) is 0 Å². The molecule has 34 heavy (non-hydrogen) atoms. The van der Waals surface area contributed by atoms with Gasteiger partial charge in [0.05, 0.1) is 16.8 Å². The van der Waals surface area contributed by atoms with Crippen LogP contribution in [-0.4, -0.2) is 45.8 Å². The number of hydrogen-bond acceptors (Lipinski definition) is 4. The van der Waals surface area contributed by atoms with Crippen LogP contribution in [0.5, 0.6) is 0 Å². The summed E-state index contributed by atoms with van der Waals surface area (Å²) in [7, 11) is 0. The van der Waals surface area contributed by atoms with Gasteiger partial charge in [0.2, 0.25) is 0 Å². The number of carbonyl (C=O) groups excluding carboxylic acids is 2. The Balaban J connectivity index is 1.33. The number of amides is 2. The van der Waals surface area contributed by atoms with E-state index in [0.29, 0.717) is 24.2 Å². The summed E-state index contributed by atoms with van der Waals surface area (Å²) in [4.78, 5) is 37.1. The molecule has 170 valence electrons. The molecule has 0 spiro atoms. The number of para-hydroxylation sites is 1. The van der Waals surface area contributed by atoms with E-state index in [0.717, 1.165) is 40.6 Å². The van der Waals surface area contributed by atoms with Gasteiger partial charge >= 0.3 is 0 Å². The molecule has 2 amide bonds. The summed E-state index contributed by atoms with van der Waals surface area (Å²) in [5, 5.41) is 3.98. The first-order valence-electron chi connectivity index (χ1n) is 11.6. The molecule has 0 atom stereocenters. The molecule has 5 rings (SSSR count). The Labute approximate surface area is 198 Å². The molecule has 1 aliphatic heterocycles. The minimum atomic E-state index is -0.0517. The van der Waals surface area contributed by atoms with E-state index < -0.39 is 0 Å². The second-order valence-electron chi connectivity index (χ2n) is 8.67. The molecule has 1 fully saturated rings. The highest BCUT2D eigenvalue weighted by atomic mass is 16.2. The summed E-state index contributed by atoms with van der Waals surface area (Å²) >= 11 is 0. The third-order valence-corrected chi connectivity index (χ3v) is 6.41. The molecule has 6 nitrogen and oxygen atoms in total. The van der Waals surface area contributed by atoms with Crippen LogP contribution in [0.25, 0.3) is 22.2 Å². The van der Waals surface area contributed by atoms with Gasteiger partial charge in [0.25, 0.3) is 11.8 Å². The average molecular weight is 451 g/mol. The molecule has 1 aliphatic rings. The molecule has 0 aliphatic carbocycles. The largest absolute Gasteiger partial charge is 0.349 e. The lowest BCUT2D eigenvalue weighted by molar-refractivity contribution is 0.0700. The van der Waals surface area contributed by atoms with Crippen molar-refractivity contribution in [3.63, 3.8) is 0 Å². The van der Waals surface area contributed by atoms with Gasteiger partial charge in [0.1, 0.15) is 0 Å². The fourth-order valence-electron chi connectivity index (χ4n) is 4.50. The number of benzene rings is 2. The van der Waals surface area contributed by atoms with Gasteiger partial charge in [-0.1, -0.05) is 36.4 Å². The summed E-state index contributed by atoms with van der Waals surface area (Å²) in [6.45, 7) is 3.13. The van der Waals surface area contributed by atoms with E-state index in [2.05, 4.69) is 10.3 Å². The maximum atomic E-state index is 13.6. The molecule has 0 bridgehead atoms. The lowest BCUT2D eigenvalue weighted by Gasteiger charge is -2.33. The Bertz CT molecular complexity index is 1350. The van der Waals surface area contributed by atoms with E-state index in [4.69, 9.17) is 4.98 Å². The van der Waals surface area contributed by atoms with E-state index in [-0.39, 0.29) is 17.9 Å². The molecule has 2 aromatic carbocycles. The number of fused-ring (bicyclic) bond motifs is 1. The minimum absolute atomic E-state index is 0.00702. The Morgan fingerprint density at radius 2 is 1.71 bits per heavy atom. The van der Waals surface area contributed by atoms with E-state index in [1.165, 1.54) is 0 Å². The number of pyridine rings is 2. The third kappa shape index (κ3) is 4.39. The van der Waals surface area contributed by atoms with Crippen LogP contribution in [0, 0.1) is 6.92 Å². The highest BCUT2D eigenvalue weighted by molar-refractivity contribution is 6.07. The zero-order chi connectivity index (χ0) is 23.5. The number of nitrogens with one attached hydrogen (secondary N) is 1. The molecule has 6 heteroatoms. The summed E-state index contributed by atoms with van der Waals surface area (Å²) < 4.78 is 0. The Morgan fingerprint density at radius 1 is 0.941 bits per heavy atom. The van der Waals surface area contributed by atoms with E-state index in [9.17, 15) is 9.59 Å². The topological polar surface area (TPSA) is 75.2 Å². The number of hydrogen-bond donors (Lipinski definition) is 1. The van der Waals surface area contributed by atoms with Crippen LogP contribution in [-0.2, 0) is 0 Å². The van der Waals surface area contributed by atoms with Crippen LogP contribution in [0.4, 0.5) is 0 Å². The fourth-order valence-corrected chi connectivity index (χ4v) is 4.50. The van der Waals surface area contributed by atoms with E-state index >= 15 is 0 Å². The molecular weight excluding hydrogens is 424 g/mol. The Kier molecular flexibility index (Phi) is 6.04. The van der Waals surface area contributed by atoms with Crippen molar-refractivity contribution in [1.82, 2.24) is 20.2 Å². The number of piperidine rings is 1. The molecule has 3 heterocycles. The first-order chi connectivity index (χ1) is 16.6. The number of rotatable bonds is 4. The zero-order valence-electron chi connectivity index (χ0n) is 19.1. The first kappa shape index (κ1) is 21.8. The maximum Gasteiger partial charge on any atom is 0.254 e. The van der Waals surface area contributed by atoms with Crippen molar-refractivity contribution in [2.45, 2.75) is 25.8 Å². The van der Waals surface area contributed by atoms with Crippen LogP contribution in [0.15, 0.2) is 79.1 Å². The van der Waals surface area contributed by atoms with Gasteiger partial charge in [-0.25, -0.2) is 4.98 Å². The van der Waals surface area contributed by atoms with Gasteiger partial charge in [-0.15, -0.1) is 0 Å². The number of nitrogens with zero attached hydrogens (tertiary/aromatic N) is 3. The average Bonchev–Trinajstić information content (AvgIpc) is 2.89. The standard InChI is InChI=1S/C28H26N4O2/c1-19-7-2-3-9-22(19)27(33)30-21-12-15-32(16-13-21)28(34)24-17-26(20-8-6-14-29-18-20)31-25-11-5-4-10-23(24)25/h2-11,14,17-18,21H,12-13,15-16H2,1H3,(H,30,33). The van der Waals surface area contributed by atoms with Crippen molar-refractivity contribution in [2.24, 2.45) is 0 Å². The number of aromatic nitrogens is 2. The Hall–Kier alpha value is -4.06. The minimum Gasteiger partial charge on any atom is -0.349 e. The van der Waals surface area contributed by atoms with Gasteiger partial charge < -0.3 is 10.2 Å². The highest BCUT2D eigenvalue weighted by Crippen LogP contribution is 2.26. The number of carbonyl (C=O) groups is 2. The fraction of sp³-hybridized carbons (Fsp3) is 0.214. The smallest absolute Gasteiger partial charge is 0.254 e. The molecule has 1 N–H and O–H groups in total. The van der Waals surface area contributed by atoms with Gasteiger partial charge in [0.15, 0.2) is 0 Å². The predicted molar refractivity (Wildman–Crippen MR) is 133 cm³/mol. The second-order valence-corrected chi connectivity index (χ2v) is 8.67. The normalized spacial score (nSPS) is 14.2. The zero-order valence-corrected chi connectivity index (χ0v) is 19.1. The summed E-state index contributed by atoms with van der Waals surface area (Å²) in [5.41, 5.74) is 4.70. The first-order valence-corrected chi connectivity index (χ1v) is 11.6. The molecule has 0 saturated carbocycles. The Morgan fingerprint density at radius 3 is 2.47 bits per heavy atom. The SMILES string of the molecule is Cc1ccccc1C(=O)NC1CCN(C(=O)c2cc(-c3cccnc3)nc3ccccc23)CC1. The molecule has 2 aromatic heterocycles. The quantitative estimate of drug-likeness (QED) is 0.492. The van der Waals surface area contributed by atoms with E-state index in [1.807, 2.05) is 78.6 Å². The van der Waals surface area contributed by atoms with Crippen molar-refractivity contribution < 1.29 is 9.59 Å². The number of aryl methyl sites for hydroxylation is 1. The van der Waals surface area contributed by atoms with Crippen LogP contribution in [0.1, 0.15) is 39.1 Å². The van der Waals surface area contributed by atoms with Gasteiger partial charge in [-0.05, 0) is 55.7 Å². The molecule has 0 radical (unpaired) electrons. The molecular formula is C28H26N4O2. The van der Waals surface area contributed by atoms with Crippen LogP contribution >= 0.6 is 0 Å². The molecule has 4 aromatic rings. The second kappa shape index (κ2) is 9.43. The van der Waals surface area contributed by atoms with Crippen LogP contribution in [0.2, 0.25) is 0 Å². The van der Waals surface area contributed by atoms with Gasteiger partial charge in [-0.3, -0.25) is 14.6 Å². The number of likely N-dealkylation sites (tertiary alicyclic amines) is 1. The van der Waals surface area contributed by atoms with Crippen molar-refractivity contribution >= 4 is 22.7 Å². The molecule has 1 saturated heterocycles. The van der Waals surface area contributed by atoms with Crippen LogP contribution < -0.4 is 5.32 Å². The van der Waals surface area contributed by atoms with Gasteiger partial charge in [0, 0.05) is 48.0 Å². The van der Waals surface area contributed by atoms with E-state index in [1.54, 1.807) is 12.4 Å². The van der Waals surface area contributed by atoms with Crippen molar-refractivity contribution in [1.29, 1.82) is 0 Å². The third-order valence-electron chi connectivity index (χ3n) is 6.41. The van der Waals surface area contributed by atoms with Crippen molar-refractivity contribution in [3.8, 4) is 11.3 Å². The summed E-state index contributed by atoms with van der Waals surface area (Å²) in [6, 6.07) is 21.1. The molecule has 0 unspecified atom stereocenters. The monoisotopic (exact) mass is 450 g/mol. The highest BCUT2D eigenvalue weighted by Gasteiger charge is 2.26. The van der Waals surface area contributed by atoms with Gasteiger partial charge in [-0.2, -0.15) is 0 Å². The summed E-state index contributed by atoms with van der Waals surface area (Å²) in [5.74, 6) is -0.0588. The summed E-state index contributed by atoms with van der Waals surface area (Å²) in [6.07, 6.45) is 4.93. The predicted octanol–water partition coefficient (Wildman–Crippen LogP) is 4.64. The van der Waals surface area contributed by atoms with Crippen molar-refractivity contribution in [3.05, 3.63) is 95.8 Å². The maximum absolute atomic E-state index is 13.6. The van der Waals surface area contributed by atoms with Crippen molar-refractivity contribution in [2.75, 3.05) is 13.1 Å². The lowest BCUT2D eigenvalue weighted by atomic mass is 10.00. The lowest BCUT2D eigenvalue weighted by Crippen LogP contribution is -2.46.